The molecule has 1 amide bonds. The van der Waals surface area contributed by atoms with Crippen LogP contribution in [0.2, 0.25) is 0 Å². The molecular formula is C24H30N2O4. The van der Waals surface area contributed by atoms with Gasteiger partial charge >= 0.3 is 0 Å². The fourth-order valence-corrected chi connectivity index (χ4v) is 3.79. The number of amides is 1. The van der Waals surface area contributed by atoms with Crippen molar-refractivity contribution in [2.24, 2.45) is 5.92 Å². The van der Waals surface area contributed by atoms with E-state index in [4.69, 9.17) is 9.47 Å². The minimum Gasteiger partial charge on any atom is -0.493 e. The molecule has 1 heterocycles. The van der Waals surface area contributed by atoms with Crippen molar-refractivity contribution >= 4 is 17.9 Å². The van der Waals surface area contributed by atoms with Crippen molar-refractivity contribution in [2.75, 3.05) is 45.3 Å². The Hall–Kier alpha value is -3.02. The predicted molar refractivity (Wildman–Crippen MR) is 118 cm³/mol. The SMILES string of the molecule is COc1ccccc1OCCCN(C)C(=O)C1CCN(c2ccc(C=O)cc2)CC1. The molecule has 6 nitrogen and oxygen atoms in total. The summed E-state index contributed by atoms with van der Waals surface area (Å²) in [4.78, 5) is 27.7. The summed E-state index contributed by atoms with van der Waals surface area (Å²) in [5.74, 6) is 1.72. The number of benzene rings is 2. The molecule has 2 aromatic rings. The Kier molecular flexibility index (Phi) is 7.71. The van der Waals surface area contributed by atoms with E-state index in [9.17, 15) is 9.59 Å². The van der Waals surface area contributed by atoms with Crippen molar-refractivity contribution in [3.8, 4) is 11.5 Å². The number of methoxy groups -OCH3 is 1. The van der Waals surface area contributed by atoms with Crippen LogP contribution in [-0.2, 0) is 4.79 Å². The molecule has 0 radical (unpaired) electrons. The molecule has 0 saturated carbocycles. The third-order valence-corrected chi connectivity index (χ3v) is 5.58. The molecule has 3 rings (SSSR count). The molecule has 0 N–H and O–H groups in total. The van der Waals surface area contributed by atoms with Crippen molar-refractivity contribution in [2.45, 2.75) is 19.3 Å². The first-order chi connectivity index (χ1) is 14.6. The topological polar surface area (TPSA) is 59.1 Å². The van der Waals surface area contributed by atoms with Crippen molar-refractivity contribution < 1.29 is 19.1 Å². The van der Waals surface area contributed by atoms with Gasteiger partial charge in [-0.25, -0.2) is 0 Å². The molecule has 1 fully saturated rings. The van der Waals surface area contributed by atoms with Gasteiger partial charge in [0.2, 0.25) is 5.91 Å². The number of aldehydes is 1. The van der Waals surface area contributed by atoms with Crippen LogP contribution in [0.1, 0.15) is 29.6 Å². The number of anilines is 1. The van der Waals surface area contributed by atoms with E-state index in [2.05, 4.69) is 4.90 Å². The average molecular weight is 411 g/mol. The van der Waals surface area contributed by atoms with Crippen LogP contribution in [0.5, 0.6) is 11.5 Å². The summed E-state index contributed by atoms with van der Waals surface area (Å²) in [7, 11) is 3.50. The van der Waals surface area contributed by atoms with E-state index >= 15 is 0 Å². The summed E-state index contributed by atoms with van der Waals surface area (Å²) in [5.41, 5.74) is 1.79. The molecule has 160 valence electrons. The number of ether oxygens (including phenoxy) is 2. The van der Waals surface area contributed by atoms with Crippen LogP contribution in [0.3, 0.4) is 0 Å². The number of rotatable bonds is 9. The third-order valence-electron chi connectivity index (χ3n) is 5.58. The van der Waals surface area contributed by atoms with Crippen molar-refractivity contribution in [3.63, 3.8) is 0 Å². The zero-order valence-electron chi connectivity index (χ0n) is 17.8. The molecule has 0 atom stereocenters. The molecule has 1 aliphatic rings. The molecule has 6 heteroatoms. The number of hydrogen-bond acceptors (Lipinski definition) is 5. The fourth-order valence-electron chi connectivity index (χ4n) is 3.79. The third kappa shape index (κ3) is 5.53. The zero-order valence-corrected chi connectivity index (χ0v) is 17.8. The average Bonchev–Trinajstić information content (AvgIpc) is 2.81. The smallest absolute Gasteiger partial charge is 0.225 e. The van der Waals surface area contributed by atoms with Gasteiger partial charge in [0.05, 0.1) is 13.7 Å². The number of carbonyl (C=O) groups excluding carboxylic acids is 2. The van der Waals surface area contributed by atoms with E-state index in [0.717, 1.165) is 55.8 Å². The largest absolute Gasteiger partial charge is 0.493 e. The highest BCUT2D eigenvalue weighted by Gasteiger charge is 2.27. The summed E-state index contributed by atoms with van der Waals surface area (Å²) < 4.78 is 11.1. The van der Waals surface area contributed by atoms with Gasteiger partial charge in [-0.05, 0) is 55.7 Å². The van der Waals surface area contributed by atoms with E-state index in [0.29, 0.717) is 18.7 Å². The van der Waals surface area contributed by atoms with Gasteiger partial charge in [0.15, 0.2) is 11.5 Å². The highest BCUT2D eigenvalue weighted by molar-refractivity contribution is 5.79. The minimum absolute atomic E-state index is 0.0654. The number of para-hydroxylation sites is 2. The maximum Gasteiger partial charge on any atom is 0.225 e. The van der Waals surface area contributed by atoms with Crippen LogP contribution in [-0.4, -0.2) is 57.5 Å². The Balaban J connectivity index is 1.40. The summed E-state index contributed by atoms with van der Waals surface area (Å²) in [6.07, 6.45) is 3.31. The Morgan fingerprint density at radius 1 is 1.10 bits per heavy atom. The van der Waals surface area contributed by atoms with E-state index < -0.39 is 0 Å². The normalized spacial score (nSPS) is 14.3. The molecule has 0 unspecified atom stereocenters. The molecule has 0 spiro atoms. The molecular weight excluding hydrogens is 380 g/mol. The molecule has 0 aliphatic carbocycles. The monoisotopic (exact) mass is 410 g/mol. The van der Waals surface area contributed by atoms with Gasteiger partial charge in [-0.1, -0.05) is 12.1 Å². The Morgan fingerprint density at radius 3 is 2.40 bits per heavy atom. The van der Waals surface area contributed by atoms with E-state index in [1.54, 1.807) is 7.11 Å². The highest BCUT2D eigenvalue weighted by atomic mass is 16.5. The van der Waals surface area contributed by atoms with Crippen LogP contribution in [0.4, 0.5) is 5.69 Å². The standard InChI is InChI=1S/C24H30N2O4/c1-25(14-5-17-30-23-7-4-3-6-22(23)29-2)24(28)20-12-15-26(16-13-20)21-10-8-19(18-27)9-11-21/h3-4,6-11,18,20H,5,12-17H2,1-2H3. The second-order valence-electron chi connectivity index (χ2n) is 7.58. The van der Waals surface area contributed by atoms with Gasteiger partial charge in [0.1, 0.15) is 6.29 Å². The van der Waals surface area contributed by atoms with Gasteiger partial charge in [-0.3, -0.25) is 9.59 Å². The molecule has 1 saturated heterocycles. The number of nitrogens with zero attached hydrogens (tertiary/aromatic N) is 2. The van der Waals surface area contributed by atoms with E-state index in [1.165, 1.54) is 0 Å². The van der Waals surface area contributed by atoms with Gasteiger partial charge in [-0.2, -0.15) is 0 Å². The number of carbonyl (C=O) groups is 2. The van der Waals surface area contributed by atoms with Gasteiger partial charge in [-0.15, -0.1) is 0 Å². The maximum absolute atomic E-state index is 12.8. The summed E-state index contributed by atoms with van der Waals surface area (Å²) in [6.45, 7) is 2.90. The van der Waals surface area contributed by atoms with E-state index in [-0.39, 0.29) is 11.8 Å². The Labute approximate surface area is 178 Å². The van der Waals surface area contributed by atoms with Crippen molar-refractivity contribution in [3.05, 3.63) is 54.1 Å². The summed E-state index contributed by atoms with van der Waals surface area (Å²) in [5, 5.41) is 0. The van der Waals surface area contributed by atoms with Crippen LogP contribution in [0, 0.1) is 5.92 Å². The molecule has 1 aliphatic heterocycles. The molecule has 30 heavy (non-hydrogen) atoms. The molecule has 2 aromatic carbocycles. The van der Waals surface area contributed by atoms with Gasteiger partial charge in [0.25, 0.3) is 0 Å². The fraction of sp³-hybridized carbons (Fsp3) is 0.417. The van der Waals surface area contributed by atoms with Crippen LogP contribution in [0.15, 0.2) is 48.5 Å². The van der Waals surface area contributed by atoms with Crippen molar-refractivity contribution in [1.29, 1.82) is 0 Å². The number of hydrogen-bond donors (Lipinski definition) is 0. The predicted octanol–water partition coefficient (Wildman–Crippen LogP) is 3.65. The second kappa shape index (κ2) is 10.7. The number of piperidine rings is 1. The summed E-state index contributed by atoms with van der Waals surface area (Å²) >= 11 is 0. The first-order valence-electron chi connectivity index (χ1n) is 10.4. The lowest BCUT2D eigenvalue weighted by Gasteiger charge is -2.34. The lowest BCUT2D eigenvalue weighted by atomic mass is 9.95. The van der Waals surface area contributed by atoms with Crippen LogP contribution in [0.25, 0.3) is 0 Å². The molecule has 0 bridgehead atoms. The first kappa shape index (κ1) is 21.7. The Bertz CT molecular complexity index is 829. The van der Waals surface area contributed by atoms with E-state index in [1.807, 2.05) is 60.5 Å². The minimum atomic E-state index is 0.0654. The lowest BCUT2D eigenvalue weighted by molar-refractivity contribution is -0.134. The van der Waals surface area contributed by atoms with Gasteiger partial charge in [0, 0.05) is 43.9 Å². The first-order valence-corrected chi connectivity index (χ1v) is 10.4. The van der Waals surface area contributed by atoms with Crippen molar-refractivity contribution in [1.82, 2.24) is 4.90 Å². The van der Waals surface area contributed by atoms with Crippen LogP contribution >= 0.6 is 0 Å². The van der Waals surface area contributed by atoms with Crippen LogP contribution < -0.4 is 14.4 Å². The highest BCUT2D eigenvalue weighted by Crippen LogP contribution is 2.26. The second-order valence-corrected chi connectivity index (χ2v) is 7.58. The quantitative estimate of drug-likeness (QED) is 0.467. The summed E-state index contributed by atoms with van der Waals surface area (Å²) in [6, 6.07) is 15.2. The maximum atomic E-state index is 12.8. The van der Waals surface area contributed by atoms with Gasteiger partial charge < -0.3 is 19.3 Å². The Morgan fingerprint density at radius 2 is 1.77 bits per heavy atom. The lowest BCUT2D eigenvalue weighted by Crippen LogP contribution is -2.41. The zero-order chi connectivity index (χ0) is 21.3. The molecule has 0 aromatic heterocycles.